The van der Waals surface area contributed by atoms with Crippen LogP contribution in [0.2, 0.25) is 0 Å². The highest BCUT2D eigenvalue weighted by atomic mass is 16.5. The largest absolute Gasteiger partial charge is 0.374 e. The van der Waals surface area contributed by atoms with Gasteiger partial charge in [-0.1, -0.05) is 45.4 Å². The summed E-state index contributed by atoms with van der Waals surface area (Å²) in [6, 6.07) is 0. The average molecular weight is 253 g/mol. The first kappa shape index (κ1) is 14.3. The fourth-order valence-electron chi connectivity index (χ4n) is 3.28. The molecule has 0 amide bonds. The summed E-state index contributed by atoms with van der Waals surface area (Å²) in [7, 11) is 0. The van der Waals surface area contributed by atoms with Crippen LogP contribution in [-0.2, 0) is 4.74 Å². The van der Waals surface area contributed by atoms with Crippen LogP contribution >= 0.6 is 0 Å². The maximum Gasteiger partial charge on any atom is 0.0806 e. The summed E-state index contributed by atoms with van der Waals surface area (Å²) in [6.45, 7) is 5.44. The molecule has 0 radical (unpaired) electrons. The number of hydrogen-bond acceptors (Lipinski definition) is 2. The summed E-state index contributed by atoms with van der Waals surface area (Å²) < 4.78 is 6.36. The van der Waals surface area contributed by atoms with Gasteiger partial charge < -0.3 is 10.1 Å². The lowest BCUT2D eigenvalue weighted by atomic mass is 9.82. The Hall–Kier alpha value is -0.0800. The standard InChI is InChI=1S/C16H31NO/c1-2-12-17-14-16(10-4-3-5-11-16)18-13-9-15-7-6-8-15/h15,17H,2-14H2,1H3. The Labute approximate surface area is 113 Å². The normalized spacial score (nSPS) is 23.8. The average Bonchev–Trinajstić information content (AvgIpc) is 2.34. The van der Waals surface area contributed by atoms with Crippen LogP contribution in [0.15, 0.2) is 0 Å². The fourth-order valence-corrected chi connectivity index (χ4v) is 3.28. The summed E-state index contributed by atoms with van der Waals surface area (Å²) in [6.07, 6.45) is 13.5. The zero-order chi connectivity index (χ0) is 12.7. The SMILES string of the molecule is CCCNCC1(OCCC2CCC2)CCCCC1. The molecule has 0 aromatic heterocycles. The molecule has 0 unspecified atom stereocenters. The minimum atomic E-state index is 0.178. The first-order chi connectivity index (χ1) is 8.85. The van der Waals surface area contributed by atoms with E-state index in [0.717, 1.165) is 25.6 Å². The lowest BCUT2D eigenvalue weighted by Gasteiger charge is -2.38. The lowest BCUT2D eigenvalue weighted by Crippen LogP contribution is -2.45. The van der Waals surface area contributed by atoms with Gasteiger partial charge in [0, 0.05) is 13.2 Å². The lowest BCUT2D eigenvalue weighted by molar-refractivity contribution is -0.0745. The van der Waals surface area contributed by atoms with Gasteiger partial charge in [0.05, 0.1) is 5.60 Å². The summed E-state index contributed by atoms with van der Waals surface area (Å²) in [4.78, 5) is 0. The minimum absolute atomic E-state index is 0.178. The van der Waals surface area contributed by atoms with Crippen molar-refractivity contribution in [3.05, 3.63) is 0 Å². The van der Waals surface area contributed by atoms with Crippen LogP contribution in [0, 0.1) is 5.92 Å². The van der Waals surface area contributed by atoms with Crippen molar-refractivity contribution < 1.29 is 4.74 Å². The molecule has 0 atom stereocenters. The van der Waals surface area contributed by atoms with E-state index in [4.69, 9.17) is 4.74 Å². The van der Waals surface area contributed by atoms with Gasteiger partial charge in [0.1, 0.15) is 0 Å². The number of rotatable bonds is 8. The third-order valence-corrected chi connectivity index (χ3v) is 4.80. The molecule has 18 heavy (non-hydrogen) atoms. The quantitative estimate of drug-likeness (QED) is 0.663. The Morgan fingerprint density at radius 3 is 2.50 bits per heavy atom. The molecular formula is C16H31NO. The van der Waals surface area contributed by atoms with E-state index in [0.29, 0.717) is 0 Å². The van der Waals surface area contributed by atoms with Crippen molar-refractivity contribution in [3.8, 4) is 0 Å². The molecule has 0 aliphatic heterocycles. The molecule has 0 saturated heterocycles. The Morgan fingerprint density at radius 2 is 1.89 bits per heavy atom. The molecular weight excluding hydrogens is 222 g/mol. The van der Waals surface area contributed by atoms with E-state index in [-0.39, 0.29) is 5.60 Å². The van der Waals surface area contributed by atoms with E-state index >= 15 is 0 Å². The van der Waals surface area contributed by atoms with E-state index in [1.165, 1.54) is 64.2 Å². The highest BCUT2D eigenvalue weighted by Gasteiger charge is 2.32. The van der Waals surface area contributed by atoms with Crippen molar-refractivity contribution in [2.45, 2.75) is 76.7 Å². The smallest absolute Gasteiger partial charge is 0.0806 e. The minimum Gasteiger partial charge on any atom is -0.374 e. The Bertz CT molecular complexity index is 219. The molecule has 2 rings (SSSR count). The maximum absolute atomic E-state index is 6.36. The van der Waals surface area contributed by atoms with Gasteiger partial charge in [0.2, 0.25) is 0 Å². The van der Waals surface area contributed by atoms with Gasteiger partial charge in [0.25, 0.3) is 0 Å². The first-order valence-electron chi connectivity index (χ1n) is 8.19. The molecule has 0 bridgehead atoms. The van der Waals surface area contributed by atoms with E-state index in [9.17, 15) is 0 Å². The molecule has 106 valence electrons. The molecule has 2 heteroatoms. The Morgan fingerprint density at radius 1 is 1.11 bits per heavy atom. The summed E-state index contributed by atoms with van der Waals surface area (Å²) in [5.74, 6) is 0.981. The van der Waals surface area contributed by atoms with E-state index in [2.05, 4.69) is 12.2 Å². The molecule has 2 fully saturated rings. The number of hydrogen-bond donors (Lipinski definition) is 1. The topological polar surface area (TPSA) is 21.3 Å². The van der Waals surface area contributed by atoms with E-state index in [1.807, 2.05) is 0 Å². The van der Waals surface area contributed by atoms with Crippen molar-refractivity contribution in [2.24, 2.45) is 5.92 Å². The second-order valence-corrected chi connectivity index (χ2v) is 6.35. The van der Waals surface area contributed by atoms with E-state index in [1.54, 1.807) is 0 Å². The molecule has 0 aromatic carbocycles. The van der Waals surface area contributed by atoms with Crippen LogP contribution in [0.5, 0.6) is 0 Å². The zero-order valence-electron chi connectivity index (χ0n) is 12.2. The highest BCUT2D eigenvalue weighted by Crippen LogP contribution is 2.33. The van der Waals surface area contributed by atoms with Gasteiger partial charge in [0.15, 0.2) is 0 Å². The van der Waals surface area contributed by atoms with Crippen LogP contribution < -0.4 is 5.32 Å². The van der Waals surface area contributed by atoms with Crippen molar-refractivity contribution in [1.29, 1.82) is 0 Å². The fraction of sp³-hybridized carbons (Fsp3) is 1.00. The second-order valence-electron chi connectivity index (χ2n) is 6.35. The van der Waals surface area contributed by atoms with Crippen LogP contribution in [0.3, 0.4) is 0 Å². The molecule has 0 spiro atoms. The van der Waals surface area contributed by atoms with Crippen LogP contribution in [0.25, 0.3) is 0 Å². The van der Waals surface area contributed by atoms with Crippen molar-refractivity contribution in [2.75, 3.05) is 19.7 Å². The predicted octanol–water partition coefficient (Wildman–Crippen LogP) is 3.90. The highest BCUT2D eigenvalue weighted by molar-refractivity contribution is 4.87. The monoisotopic (exact) mass is 253 g/mol. The molecule has 0 aromatic rings. The van der Waals surface area contributed by atoms with Crippen LogP contribution in [-0.4, -0.2) is 25.3 Å². The van der Waals surface area contributed by atoms with Gasteiger partial charge >= 0.3 is 0 Å². The predicted molar refractivity (Wildman–Crippen MR) is 76.9 cm³/mol. The molecule has 0 heterocycles. The third-order valence-electron chi connectivity index (χ3n) is 4.80. The van der Waals surface area contributed by atoms with Crippen molar-refractivity contribution in [3.63, 3.8) is 0 Å². The van der Waals surface area contributed by atoms with Crippen molar-refractivity contribution in [1.82, 2.24) is 5.32 Å². The summed E-state index contributed by atoms with van der Waals surface area (Å²) in [5.41, 5.74) is 0.178. The van der Waals surface area contributed by atoms with Gasteiger partial charge in [-0.05, 0) is 38.1 Å². The van der Waals surface area contributed by atoms with Gasteiger partial charge in [-0.2, -0.15) is 0 Å². The van der Waals surface area contributed by atoms with Gasteiger partial charge in [-0.3, -0.25) is 0 Å². The maximum atomic E-state index is 6.36. The molecule has 2 aliphatic carbocycles. The molecule has 2 saturated carbocycles. The van der Waals surface area contributed by atoms with Crippen LogP contribution in [0.4, 0.5) is 0 Å². The second kappa shape index (κ2) is 7.49. The van der Waals surface area contributed by atoms with Gasteiger partial charge in [-0.15, -0.1) is 0 Å². The van der Waals surface area contributed by atoms with E-state index < -0.39 is 0 Å². The summed E-state index contributed by atoms with van der Waals surface area (Å²) >= 11 is 0. The molecule has 2 nitrogen and oxygen atoms in total. The number of nitrogens with one attached hydrogen (secondary N) is 1. The Kier molecular flexibility index (Phi) is 5.97. The zero-order valence-corrected chi connectivity index (χ0v) is 12.2. The van der Waals surface area contributed by atoms with Gasteiger partial charge in [-0.25, -0.2) is 0 Å². The molecule has 2 aliphatic rings. The summed E-state index contributed by atoms with van der Waals surface area (Å²) in [5, 5.41) is 3.59. The first-order valence-corrected chi connectivity index (χ1v) is 8.19. The Balaban J connectivity index is 1.71. The third kappa shape index (κ3) is 4.24. The van der Waals surface area contributed by atoms with Crippen LogP contribution in [0.1, 0.15) is 71.1 Å². The number of ether oxygens (including phenoxy) is 1. The van der Waals surface area contributed by atoms with Crippen molar-refractivity contribution >= 4 is 0 Å². The molecule has 1 N–H and O–H groups in total.